The van der Waals surface area contributed by atoms with Gasteiger partial charge in [0.2, 0.25) is 0 Å². The molecule has 0 atom stereocenters. The second-order valence-corrected chi connectivity index (χ2v) is 8.70. The molecule has 3 aromatic rings. The molecule has 0 saturated heterocycles. The standard InChI is InChI=1S/C26H30O5/c1-7-17-11-20(25(30-15-29-6)21(12-17)26(3,4)5)18-8-9-22-19(13-18)14-23(31-22)16(2)10-24(27)28/h8-14H,7,15H2,1-6H3,(H,27,28). The van der Waals surface area contributed by atoms with Crippen LogP contribution in [0.15, 0.2) is 46.9 Å². The summed E-state index contributed by atoms with van der Waals surface area (Å²) in [7, 11) is 1.61. The van der Waals surface area contributed by atoms with E-state index in [2.05, 4.69) is 45.9 Å². The summed E-state index contributed by atoms with van der Waals surface area (Å²) < 4.78 is 17.1. The molecule has 5 nitrogen and oxygen atoms in total. The quantitative estimate of drug-likeness (QED) is 0.351. The molecule has 31 heavy (non-hydrogen) atoms. The lowest BCUT2D eigenvalue weighted by Crippen LogP contribution is -2.15. The van der Waals surface area contributed by atoms with Gasteiger partial charge < -0.3 is 19.0 Å². The number of aryl methyl sites for hydroxylation is 1. The smallest absolute Gasteiger partial charge is 0.328 e. The van der Waals surface area contributed by atoms with E-state index in [1.807, 2.05) is 18.2 Å². The van der Waals surface area contributed by atoms with Crippen molar-refractivity contribution in [3.63, 3.8) is 0 Å². The number of benzene rings is 2. The molecule has 0 bridgehead atoms. The third-order valence-electron chi connectivity index (χ3n) is 5.24. The Hall–Kier alpha value is -3.05. The van der Waals surface area contributed by atoms with Gasteiger partial charge in [0, 0.05) is 29.7 Å². The minimum atomic E-state index is -0.996. The number of hydrogen-bond donors (Lipinski definition) is 1. The number of fused-ring (bicyclic) bond motifs is 1. The maximum atomic E-state index is 11.0. The van der Waals surface area contributed by atoms with Crippen LogP contribution in [0.1, 0.15) is 51.5 Å². The van der Waals surface area contributed by atoms with Crippen LogP contribution in [-0.4, -0.2) is 25.0 Å². The van der Waals surface area contributed by atoms with Crippen molar-refractivity contribution >= 4 is 22.5 Å². The molecule has 0 aliphatic rings. The maximum Gasteiger partial charge on any atom is 0.328 e. The number of carbonyl (C=O) groups is 1. The summed E-state index contributed by atoms with van der Waals surface area (Å²) >= 11 is 0. The first-order valence-electron chi connectivity index (χ1n) is 10.4. The van der Waals surface area contributed by atoms with Crippen LogP contribution in [0.4, 0.5) is 0 Å². The van der Waals surface area contributed by atoms with E-state index in [0.717, 1.165) is 40.3 Å². The zero-order chi connectivity index (χ0) is 22.8. The van der Waals surface area contributed by atoms with Crippen molar-refractivity contribution in [3.8, 4) is 16.9 Å². The van der Waals surface area contributed by atoms with Gasteiger partial charge in [0.1, 0.15) is 17.1 Å². The number of ether oxygens (including phenoxy) is 2. The highest BCUT2D eigenvalue weighted by Gasteiger charge is 2.24. The number of aliphatic carboxylic acids is 1. The summed E-state index contributed by atoms with van der Waals surface area (Å²) in [6.07, 6.45) is 2.06. The molecule has 164 valence electrons. The molecule has 3 rings (SSSR count). The summed E-state index contributed by atoms with van der Waals surface area (Å²) in [6.45, 7) is 10.6. The third kappa shape index (κ3) is 5.00. The molecule has 0 amide bonds. The molecule has 0 unspecified atom stereocenters. The highest BCUT2D eigenvalue weighted by atomic mass is 16.7. The van der Waals surface area contributed by atoms with Crippen LogP contribution >= 0.6 is 0 Å². The lowest BCUT2D eigenvalue weighted by atomic mass is 9.82. The fourth-order valence-corrected chi connectivity index (χ4v) is 3.60. The van der Waals surface area contributed by atoms with Crippen molar-refractivity contribution < 1.29 is 23.8 Å². The Balaban J connectivity index is 2.19. The first-order valence-corrected chi connectivity index (χ1v) is 10.4. The molecule has 2 aromatic carbocycles. The molecule has 1 N–H and O–H groups in total. The Morgan fingerprint density at radius 1 is 1.16 bits per heavy atom. The second kappa shape index (κ2) is 8.98. The molecule has 0 fully saturated rings. The normalized spacial score (nSPS) is 12.4. The van der Waals surface area contributed by atoms with E-state index >= 15 is 0 Å². The average molecular weight is 423 g/mol. The molecule has 0 aliphatic heterocycles. The highest BCUT2D eigenvalue weighted by molar-refractivity contribution is 5.92. The Morgan fingerprint density at radius 3 is 2.52 bits per heavy atom. The van der Waals surface area contributed by atoms with Gasteiger partial charge in [0.25, 0.3) is 0 Å². The number of carboxylic acids is 1. The number of rotatable bonds is 7. The summed E-state index contributed by atoms with van der Waals surface area (Å²) in [5.41, 5.74) is 5.55. The molecular formula is C26H30O5. The topological polar surface area (TPSA) is 68.9 Å². The fourth-order valence-electron chi connectivity index (χ4n) is 3.60. The van der Waals surface area contributed by atoms with Crippen molar-refractivity contribution in [2.45, 2.75) is 46.5 Å². The van der Waals surface area contributed by atoms with Crippen LogP contribution in [-0.2, 0) is 21.4 Å². The van der Waals surface area contributed by atoms with Gasteiger partial charge in [0.15, 0.2) is 6.79 Å². The van der Waals surface area contributed by atoms with E-state index in [0.29, 0.717) is 16.9 Å². The minimum Gasteiger partial charge on any atom is -0.478 e. The molecule has 0 radical (unpaired) electrons. The predicted molar refractivity (Wildman–Crippen MR) is 124 cm³/mol. The zero-order valence-electron chi connectivity index (χ0n) is 19.0. The van der Waals surface area contributed by atoms with Gasteiger partial charge in [-0.25, -0.2) is 4.79 Å². The van der Waals surface area contributed by atoms with E-state index in [9.17, 15) is 4.79 Å². The van der Waals surface area contributed by atoms with Crippen LogP contribution in [0, 0.1) is 0 Å². The minimum absolute atomic E-state index is 0.103. The molecular weight excluding hydrogens is 392 g/mol. The number of hydrogen-bond acceptors (Lipinski definition) is 4. The summed E-state index contributed by atoms with van der Waals surface area (Å²) in [5.74, 6) is 0.365. The summed E-state index contributed by atoms with van der Waals surface area (Å²) in [4.78, 5) is 11.0. The Bertz CT molecular complexity index is 1130. The van der Waals surface area contributed by atoms with Crippen molar-refractivity contribution in [1.82, 2.24) is 0 Å². The van der Waals surface area contributed by atoms with Crippen molar-refractivity contribution in [3.05, 3.63) is 59.4 Å². The van der Waals surface area contributed by atoms with E-state index < -0.39 is 5.97 Å². The van der Waals surface area contributed by atoms with Gasteiger partial charge in [-0.05, 0) is 59.7 Å². The van der Waals surface area contributed by atoms with Crippen LogP contribution in [0.25, 0.3) is 27.7 Å². The van der Waals surface area contributed by atoms with Crippen LogP contribution < -0.4 is 4.74 Å². The molecule has 0 spiro atoms. The fraction of sp³-hybridized carbons (Fsp3) is 0.346. The van der Waals surface area contributed by atoms with Crippen LogP contribution in [0.2, 0.25) is 0 Å². The summed E-state index contributed by atoms with van der Waals surface area (Å²) in [6, 6.07) is 12.2. The molecule has 0 saturated carbocycles. The third-order valence-corrected chi connectivity index (χ3v) is 5.24. The first-order chi connectivity index (χ1) is 14.6. The van der Waals surface area contributed by atoms with Gasteiger partial charge in [0.05, 0.1) is 0 Å². The summed E-state index contributed by atoms with van der Waals surface area (Å²) in [5, 5.41) is 9.92. The van der Waals surface area contributed by atoms with E-state index in [1.165, 1.54) is 5.56 Å². The zero-order valence-corrected chi connectivity index (χ0v) is 19.0. The Morgan fingerprint density at radius 2 is 1.90 bits per heavy atom. The van der Waals surface area contributed by atoms with E-state index in [1.54, 1.807) is 14.0 Å². The molecule has 1 heterocycles. The number of furan rings is 1. The maximum absolute atomic E-state index is 11.0. The van der Waals surface area contributed by atoms with Crippen LogP contribution in [0.5, 0.6) is 5.75 Å². The molecule has 5 heteroatoms. The van der Waals surface area contributed by atoms with Gasteiger partial charge >= 0.3 is 5.97 Å². The molecule has 0 aliphatic carbocycles. The lowest BCUT2D eigenvalue weighted by Gasteiger charge is -2.26. The molecule has 1 aromatic heterocycles. The first kappa shape index (κ1) is 22.6. The Labute approximate surface area is 183 Å². The van der Waals surface area contributed by atoms with Crippen molar-refractivity contribution in [2.24, 2.45) is 0 Å². The van der Waals surface area contributed by atoms with Gasteiger partial charge in [-0.15, -0.1) is 0 Å². The lowest BCUT2D eigenvalue weighted by molar-refractivity contribution is -0.131. The van der Waals surface area contributed by atoms with Gasteiger partial charge in [-0.1, -0.05) is 39.8 Å². The number of carboxylic acid groups (broad SMARTS) is 1. The number of methoxy groups -OCH3 is 1. The van der Waals surface area contributed by atoms with E-state index in [-0.39, 0.29) is 12.2 Å². The van der Waals surface area contributed by atoms with Gasteiger partial charge in [-0.2, -0.15) is 0 Å². The second-order valence-electron chi connectivity index (χ2n) is 8.70. The van der Waals surface area contributed by atoms with Gasteiger partial charge in [-0.3, -0.25) is 0 Å². The average Bonchev–Trinajstić information content (AvgIpc) is 3.14. The SMILES string of the molecule is CCc1cc(-c2ccc3oc(C(C)=CC(=O)O)cc3c2)c(OCOC)c(C(C)(C)C)c1. The van der Waals surface area contributed by atoms with Crippen molar-refractivity contribution in [1.29, 1.82) is 0 Å². The van der Waals surface area contributed by atoms with Crippen LogP contribution in [0.3, 0.4) is 0 Å². The van der Waals surface area contributed by atoms with Crippen molar-refractivity contribution in [2.75, 3.05) is 13.9 Å². The predicted octanol–water partition coefficient (Wildman–Crippen LogP) is 6.43. The monoisotopic (exact) mass is 422 g/mol. The largest absolute Gasteiger partial charge is 0.478 e. The Kier molecular flexibility index (Phi) is 6.56. The van der Waals surface area contributed by atoms with E-state index in [4.69, 9.17) is 19.0 Å². The highest BCUT2D eigenvalue weighted by Crippen LogP contribution is 2.41. The number of allylic oxidation sites excluding steroid dienone is 1.